The molecule has 1 N–H and O–H groups in total. The van der Waals surface area contributed by atoms with Crippen LogP contribution in [0.25, 0.3) is 0 Å². The van der Waals surface area contributed by atoms with Gasteiger partial charge in [0.2, 0.25) is 0 Å². The molecule has 3 nitrogen and oxygen atoms in total. The van der Waals surface area contributed by atoms with Gasteiger partial charge in [-0.25, -0.2) is 0 Å². The zero-order chi connectivity index (χ0) is 12.8. The average Bonchev–Trinajstić information content (AvgIpc) is 3.03. The summed E-state index contributed by atoms with van der Waals surface area (Å²) in [5, 5.41) is 3.36. The first-order chi connectivity index (χ1) is 8.83. The second kappa shape index (κ2) is 6.95. The SMILES string of the molecule is CCC(NC)c1ccn(CCCN2CCCC2)c1. The maximum Gasteiger partial charge on any atom is 0.0329 e. The molecule has 1 aromatic rings. The molecule has 2 rings (SSSR count). The van der Waals surface area contributed by atoms with Gasteiger partial charge in [0.05, 0.1) is 0 Å². The van der Waals surface area contributed by atoms with Gasteiger partial charge in [-0.1, -0.05) is 6.92 Å². The first-order valence-corrected chi connectivity index (χ1v) is 7.38. The lowest BCUT2D eigenvalue weighted by molar-refractivity contribution is 0.325. The predicted octanol–water partition coefficient (Wildman–Crippen LogP) is 2.64. The molecule has 1 aromatic heterocycles. The maximum absolute atomic E-state index is 3.36. The monoisotopic (exact) mass is 249 g/mol. The topological polar surface area (TPSA) is 20.2 Å². The summed E-state index contributed by atoms with van der Waals surface area (Å²) in [6.07, 6.45) is 9.73. The lowest BCUT2D eigenvalue weighted by atomic mass is 10.1. The van der Waals surface area contributed by atoms with Gasteiger partial charge in [0, 0.05) is 25.0 Å². The number of nitrogens with one attached hydrogen (secondary N) is 1. The molecule has 0 bridgehead atoms. The standard InChI is InChI=1S/C15H27N3/c1-3-15(16-2)14-7-12-18(13-14)11-6-10-17-8-4-5-9-17/h7,12-13,15-16H,3-6,8-11H2,1-2H3. The number of hydrogen-bond donors (Lipinski definition) is 1. The van der Waals surface area contributed by atoms with Crippen LogP contribution < -0.4 is 5.32 Å². The highest BCUT2D eigenvalue weighted by atomic mass is 15.1. The summed E-state index contributed by atoms with van der Waals surface area (Å²) in [6.45, 7) is 7.27. The highest BCUT2D eigenvalue weighted by Crippen LogP contribution is 2.16. The minimum absolute atomic E-state index is 0.504. The second-order valence-corrected chi connectivity index (χ2v) is 5.33. The normalized spacial score (nSPS) is 18.3. The fourth-order valence-electron chi connectivity index (χ4n) is 2.89. The molecule has 102 valence electrons. The van der Waals surface area contributed by atoms with Gasteiger partial charge >= 0.3 is 0 Å². The minimum atomic E-state index is 0.504. The molecule has 1 atom stereocenters. The fraction of sp³-hybridized carbons (Fsp3) is 0.733. The van der Waals surface area contributed by atoms with Crippen LogP contribution in [-0.4, -0.2) is 36.1 Å². The largest absolute Gasteiger partial charge is 0.354 e. The van der Waals surface area contributed by atoms with Crippen LogP contribution in [0.15, 0.2) is 18.5 Å². The van der Waals surface area contributed by atoms with Gasteiger partial charge in [-0.3, -0.25) is 0 Å². The molecule has 0 aliphatic carbocycles. The molecule has 1 aliphatic heterocycles. The molecule has 1 aliphatic rings. The molecule has 18 heavy (non-hydrogen) atoms. The smallest absolute Gasteiger partial charge is 0.0329 e. The molecular weight excluding hydrogens is 222 g/mol. The van der Waals surface area contributed by atoms with Gasteiger partial charge in [-0.15, -0.1) is 0 Å². The van der Waals surface area contributed by atoms with E-state index in [2.05, 4.69) is 40.2 Å². The zero-order valence-electron chi connectivity index (χ0n) is 11.9. The number of rotatable bonds is 7. The summed E-state index contributed by atoms with van der Waals surface area (Å²) in [5.74, 6) is 0. The van der Waals surface area contributed by atoms with Crippen molar-refractivity contribution in [3.8, 4) is 0 Å². The zero-order valence-corrected chi connectivity index (χ0v) is 11.9. The van der Waals surface area contributed by atoms with Crippen molar-refractivity contribution in [2.45, 2.75) is 45.2 Å². The molecule has 1 saturated heterocycles. The van der Waals surface area contributed by atoms with Crippen molar-refractivity contribution in [1.82, 2.24) is 14.8 Å². The minimum Gasteiger partial charge on any atom is -0.354 e. The quantitative estimate of drug-likeness (QED) is 0.801. The maximum atomic E-state index is 3.36. The summed E-state index contributed by atoms with van der Waals surface area (Å²) in [6, 6.07) is 2.75. The summed E-state index contributed by atoms with van der Waals surface area (Å²) in [5.41, 5.74) is 1.42. The molecular formula is C15H27N3. The number of aromatic nitrogens is 1. The molecule has 3 heteroatoms. The van der Waals surface area contributed by atoms with E-state index >= 15 is 0 Å². The molecule has 0 spiro atoms. The molecule has 1 unspecified atom stereocenters. The molecule has 0 saturated carbocycles. The van der Waals surface area contributed by atoms with Gasteiger partial charge in [0.25, 0.3) is 0 Å². The molecule has 1 fully saturated rings. The fourth-order valence-corrected chi connectivity index (χ4v) is 2.89. The van der Waals surface area contributed by atoms with Crippen molar-refractivity contribution < 1.29 is 0 Å². The van der Waals surface area contributed by atoms with Crippen LogP contribution in [-0.2, 0) is 6.54 Å². The molecule has 2 heterocycles. The van der Waals surface area contributed by atoms with Crippen LogP contribution in [0.4, 0.5) is 0 Å². The van der Waals surface area contributed by atoms with Crippen molar-refractivity contribution >= 4 is 0 Å². The van der Waals surface area contributed by atoms with E-state index in [1.165, 1.54) is 44.5 Å². The van der Waals surface area contributed by atoms with Gasteiger partial charge in [-0.2, -0.15) is 0 Å². The van der Waals surface area contributed by atoms with Crippen molar-refractivity contribution in [2.24, 2.45) is 0 Å². The highest BCUT2D eigenvalue weighted by molar-refractivity contribution is 5.15. The Bertz CT molecular complexity index is 335. The van der Waals surface area contributed by atoms with E-state index in [1.807, 2.05) is 7.05 Å². The van der Waals surface area contributed by atoms with Crippen LogP contribution in [0, 0.1) is 0 Å². The van der Waals surface area contributed by atoms with Crippen LogP contribution in [0.2, 0.25) is 0 Å². The van der Waals surface area contributed by atoms with E-state index in [0.717, 1.165) is 13.0 Å². The number of hydrogen-bond acceptors (Lipinski definition) is 2. The van der Waals surface area contributed by atoms with Crippen LogP contribution in [0.1, 0.15) is 44.2 Å². The third kappa shape index (κ3) is 3.59. The molecule has 0 aromatic carbocycles. The van der Waals surface area contributed by atoms with E-state index in [9.17, 15) is 0 Å². The second-order valence-electron chi connectivity index (χ2n) is 5.33. The Morgan fingerprint density at radius 3 is 2.72 bits per heavy atom. The van der Waals surface area contributed by atoms with E-state index in [-0.39, 0.29) is 0 Å². The first kappa shape index (κ1) is 13.6. The number of likely N-dealkylation sites (tertiary alicyclic amines) is 1. The first-order valence-electron chi connectivity index (χ1n) is 7.38. The van der Waals surface area contributed by atoms with Crippen LogP contribution in [0.3, 0.4) is 0 Å². The van der Waals surface area contributed by atoms with Crippen LogP contribution in [0.5, 0.6) is 0 Å². The van der Waals surface area contributed by atoms with Gasteiger partial charge in [0.1, 0.15) is 0 Å². The summed E-state index contributed by atoms with van der Waals surface area (Å²) >= 11 is 0. The van der Waals surface area contributed by atoms with Gasteiger partial charge in [-0.05, 0) is 64.0 Å². The Hall–Kier alpha value is -0.800. The Balaban J connectivity index is 1.75. The Morgan fingerprint density at radius 1 is 1.28 bits per heavy atom. The third-order valence-corrected chi connectivity index (χ3v) is 4.02. The summed E-state index contributed by atoms with van der Waals surface area (Å²) in [4.78, 5) is 2.59. The lowest BCUT2D eigenvalue weighted by Gasteiger charge is -2.14. The van der Waals surface area contributed by atoms with E-state index in [1.54, 1.807) is 0 Å². The lowest BCUT2D eigenvalue weighted by Crippen LogP contribution is -2.21. The van der Waals surface area contributed by atoms with Crippen LogP contribution >= 0.6 is 0 Å². The highest BCUT2D eigenvalue weighted by Gasteiger charge is 2.11. The molecule has 0 radical (unpaired) electrons. The Labute approximate surface area is 111 Å². The molecule has 0 amide bonds. The summed E-state index contributed by atoms with van der Waals surface area (Å²) in [7, 11) is 2.04. The van der Waals surface area contributed by atoms with Crippen molar-refractivity contribution in [2.75, 3.05) is 26.7 Å². The van der Waals surface area contributed by atoms with E-state index < -0.39 is 0 Å². The average molecular weight is 249 g/mol. The Morgan fingerprint density at radius 2 is 2.06 bits per heavy atom. The summed E-state index contributed by atoms with van der Waals surface area (Å²) < 4.78 is 2.34. The number of nitrogens with zero attached hydrogens (tertiary/aromatic N) is 2. The van der Waals surface area contributed by atoms with Crippen molar-refractivity contribution in [3.63, 3.8) is 0 Å². The third-order valence-electron chi connectivity index (χ3n) is 4.02. The predicted molar refractivity (Wildman–Crippen MR) is 76.8 cm³/mol. The van der Waals surface area contributed by atoms with Crippen molar-refractivity contribution in [3.05, 3.63) is 24.0 Å². The number of aryl methyl sites for hydroxylation is 1. The van der Waals surface area contributed by atoms with Crippen molar-refractivity contribution in [1.29, 1.82) is 0 Å². The van der Waals surface area contributed by atoms with Gasteiger partial charge < -0.3 is 14.8 Å². The Kier molecular flexibility index (Phi) is 5.26. The van der Waals surface area contributed by atoms with E-state index in [0.29, 0.717) is 6.04 Å². The van der Waals surface area contributed by atoms with E-state index in [4.69, 9.17) is 0 Å². The van der Waals surface area contributed by atoms with Gasteiger partial charge in [0.15, 0.2) is 0 Å².